The van der Waals surface area contributed by atoms with Gasteiger partial charge in [0.1, 0.15) is 0 Å². The summed E-state index contributed by atoms with van der Waals surface area (Å²) in [5.74, 6) is -1.06. The molecular weight excluding hydrogens is 432 g/mol. The van der Waals surface area contributed by atoms with Crippen LogP contribution in [0.15, 0.2) is 41.3 Å². The van der Waals surface area contributed by atoms with E-state index in [1.165, 1.54) is 26.2 Å². The van der Waals surface area contributed by atoms with Gasteiger partial charge in [-0.1, -0.05) is 17.7 Å². The van der Waals surface area contributed by atoms with Crippen molar-refractivity contribution in [3.8, 4) is 0 Å². The average molecular weight is 461 g/mol. The topological polar surface area (TPSA) is 93.2 Å². The second kappa shape index (κ2) is 9.81. The van der Waals surface area contributed by atoms with Crippen LogP contribution in [-0.2, 0) is 19.5 Å². The van der Waals surface area contributed by atoms with Gasteiger partial charge in [-0.15, -0.1) is 0 Å². The number of morpholine rings is 1. The van der Waals surface area contributed by atoms with Crippen LogP contribution in [-0.4, -0.2) is 71.5 Å². The Morgan fingerprint density at radius 3 is 2.38 bits per heavy atom. The zero-order valence-electron chi connectivity index (χ0n) is 18.8. The van der Waals surface area contributed by atoms with E-state index in [2.05, 4.69) is 0 Å². The van der Waals surface area contributed by atoms with E-state index in [1.807, 2.05) is 30.9 Å². The Bertz CT molecular complexity index is 1120. The van der Waals surface area contributed by atoms with Crippen LogP contribution in [0, 0.1) is 13.8 Å². The summed E-state index contributed by atoms with van der Waals surface area (Å²) in [6.07, 6.45) is 0. The molecule has 172 valence electrons. The van der Waals surface area contributed by atoms with E-state index < -0.39 is 22.6 Å². The van der Waals surface area contributed by atoms with Gasteiger partial charge in [0.2, 0.25) is 15.8 Å². The number of aryl methyl sites for hydroxylation is 2. The first-order chi connectivity index (χ1) is 15.1. The van der Waals surface area contributed by atoms with E-state index in [4.69, 9.17) is 9.47 Å². The minimum Gasteiger partial charge on any atom is -0.454 e. The van der Waals surface area contributed by atoms with E-state index in [-0.39, 0.29) is 16.2 Å². The second-order valence-corrected chi connectivity index (χ2v) is 10.0. The molecule has 1 aliphatic heterocycles. The highest BCUT2D eigenvalue weighted by Gasteiger charge is 2.25. The molecule has 9 heteroatoms. The summed E-state index contributed by atoms with van der Waals surface area (Å²) < 4.78 is 37.0. The van der Waals surface area contributed by atoms with Crippen molar-refractivity contribution < 1.29 is 27.5 Å². The molecule has 0 N–H and O–H groups in total. The standard InChI is InChI=1S/C23H28N2O6S/c1-16-5-6-17(2)19(13-16)22(26)15-31-23(27)20-14-18(32(28,29)24(3)4)7-8-21(20)25-9-11-30-12-10-25/h5-8,13-14H,9-12,15H2,1-4H3. The fraction of sp³-hybridized carbons (Fsp3) is 0.391. The van der Waals surface area contributed by atoms with Crippen molar-refractivity contribution in [3.63, 3.8) is 0 Å². The van der Waals surface area contributed by atoms with Crippen LogP contribution >= 0.6 is 0 Å². The first kappa shape index (κ1) is 23.9. The molecule has 1 heterocycles. The Balaban J connectivity index is 1.89. The molecule has 0 spiro atoms. The molecular formula is C23H28N2O6S. The van der Waals surface area contributed by atoms with E-state index in [1.54, 1.807) is 12.1 Å². The van der Waals surface area contributed by atoms with Crippen molar-refractivity contribution in [3.05, 3.63) is 58.7 Å². The number of esters is 1. The van der Waals surface area contributed by atoms with Crippen molar-refractivity contribution in [2.24, 2.45) is 0 Å². The van der Waals surface area contributed by atoms with Gasteiger partial charge >= 0.3 is 5.97 Å². The largest absolute Gasteiger partial charge is 0.454 e. The molecule has 0 amide bonds. The summed E-state index contributed by atoms with van der Waals surface area (Å²) in [7, 11) is -0.904. The summed E-state index contributed by atoms with van der Waals surface area (Å²) in [6, 6.07) is 9.89. The number of carbonyl (C=O) groups excluding carboxylic acids is 2. The van der Waals surface area contributed by atoms with Gasteiger partial charge < -0.3 is 14.4 Å². The number of anilines is 1. The van der Waals surface area contributed by atoms with Crippen LogP contribution < -0.4 is 4.90 Å². The van der Waals surface area contributed by atoms with Crippen LogP contribution in [0.1, 0.15) is 31.8 Å². The van der Waals surface area contributed by atoms with Crippen LogP contribution in [0.4, 0.5) is 5.69 Å². The predicted octanol–water partition coefficient (Wildman–Crippen LogP) is 2.43. The fourth-order valence-electron chi connectivity index (χ4n) is 3.45. The first-order valence-electron chi connectivity index (χ1n) is 10.3. The van der Waals surface area contributed by atoms with Crippen molar-refractivity contribution in [2.45, 2.75) is 18.7 Å². The van der Waals surface area contributed by atoms with Gasteiger partial charge in [0.25, 0.3) is 0 Å². The van der Waals surface area contributed by atoms with Crippen molar-refractivity contribution in [2.75, 3.05) is 51.9 Å². The lowest BCUT2D eigenvalue weighted by molar-refractivity contribution is 0.0474. The molecule has 0 unspecified atom stereocenters. The van der Waals surface area contributed by atoms with E-state index in [0.717, 1.165) is 15.4 Å². The molecule has 3 rings (SSSR count). The zero-order chi connectivity index (χ0) is 23.5. The highest BCUT2D eigenvalue weighted by atomic mass is 32.2. The Hall–Kier alpha value is -2.75. The lowest BCUT2D eigenvalue weighted by Gasteiger charge is -2.30. The lowest BCUT2D eigenvalue weighted by Crippen LogP contribution is -2.37. The van der Waals surface area contributed by atoms with E-state index >= 15 is 0 Å². The Kier molecular flexibility index (Phi) is 7.33. The summed E-state index contributed by atoms with van der Waals surface area (Å²) >= 11 is 0. The smallest absolute Gasteiger partial charge is 0.340 e. The lowest BCUT2D eigenvalue weighted by atomic mass is 10.0. The maximum atomic E-state index is 13.0. The van der Waals surface area contributed by atoms with Gasteiger partial charge in [-0.05, 0) is 43.7 Å². The summed E-state index contributed by atoms with van der Waals surface area (Å²) in [5.41, 5.74) is 2.88. The van der Waals surface area contributed by atoms with Gasteiger partial charge in [0, 0.05) is 32.7 Å². The minimum absolute atomic E-state index is 0.0210. The number of nitrogens with zero attached hydrogens (tertiary/aromatic N) is 2. The normalized spacial score (nSPS) is 14.5. The molecule has 1 saturated heterocycles. The molecule has 0 aliphatic carbocycles. The number of ether oxygens (including phenoxy) is 2. The molecule has 0 saturated carbocycles. The monoisotopic (exact) mass is 460 g/mol. The van der Waals surface area contributed by atoms with Crippen LogP contribution in [0.5, 0.6) is 0 Å². The third-order valence-corrected chi connectivity index (χ3v) is 7.16. The van der Waals surface area contributed by atoms with Crippen molar-refractivity contribution >= 4 is 27.5 Å². The molecule has 0 aromatic heterocycles. The molecule has 32 heavy (non-hydrogen) atoms. The number of hydrogen-bond donors (Lipinski definition) is 0. The van der Waals surface area contributed by atoms with Crippen LogP contribution in [0.3, 0.4) is 0 Å². The number of ketones is 1. The highest BCUT2D eigenvalue weighted by Crippen LogP contribution is 2.27. The number of benzene rings is 2. The minimum atomic E-state index is -3.75. The Morgan fingerprint density at radius 2 is 1.72 bits per heavy atom. The number of hydrogen-bond acceptors (Lipinski definition) is 7. The maximum Gasteiger partial charge on any atom is 0.340 e. The number of carbonyl (C=O) groups is 2. The second-order valence-electron chi connectivity index (χ2n) is 7.88. The van der Waals surface area contributed by atoms with Gasteiger partial charge in [-0.3, -0.25) is 4.79 Å². The maximum absolute atomic E-state index is 13.0. The fourth-order valence-corrected chi connectivity index (χ4v) is 4.38. The molecule has 0 bridgehead atoms. The third-order valence-electron chi connectivity index (χ3n) is 5.35. The van der Waals surface area contributed by atoms with Gasteiger partial charge in [-0.25, -0.2) is 17.5 Å². The average Bonchev–Trinajstić information content (AvgIpc) is 2.78. The Morgan fingerprint density at radius 1 is 1.03 bits per heavy atom. The number of Topliss-reactive ketones (excluding diaryl/α,β-unsaturated/α-hetero) is 1. The summed E-state index contributed by atoms with van der Waals surface area (Å²) in [6.45, 7) is 5.38. The number of sulfonamides is 1. The Labute approximate surface area is 188 Å². The third kappa shape index (κ3) is 5.17. The van der Waals surface area contributed by atoms with Gasteiger partial charge in [0.15, 0.2) is 6.61 Å². The zero-order valence-corrected chi connectivity index (χ0v) is 19.6. The summed E-state index contributed by atoms with van der Waals surface area (Å²) in [4.78, 5) is 27.6. The van der Waals surface area contributed by atoms with Crippen molar-refractivity contribution in [1.29, 1.82) is 0 Å². The van der Waals surface area contributed by atoms with E-state index in [9.17, 15) is 18.0 Å². The van der Waals surface area contributed by atoms with Crippen LogP contribution in [0.25, 0.3) is 0 Å². The molecule has 0 atom stereocenters. The first-order valence-corrected chi connectivity index (χ1v) is 11.7. The number of rotatable bonds is 7. The SMILES string of the molecule is Cc1ccc(C)c(C(=O)COC(=O)c2cc(S(=O)(=O)N(C)C)ccc2N2CCOCC2)c1. The molecule has 0 radical (unpaired) electrons. The van der Waals surface area contributed by atoms with Gasteiger partial charge in [-0.2, -0.15) is 0 Å². The van der Waals surface area contributed by atoms with Crippen LogP contribution in [0.2, 0.25) is 0 Å². The quantitative estimate of drug-likeness (QED) is 0.463. The molecule has 8 nitrogen and oxygen atoms in total. The molecule has 1 aliphatic rings. The molecule has 1 fully saturated rings. The summed E-state index contributed by atoms with van der Waals surface area (Å²) in [5, 5.41) is 0. The van der Waals surface area contributed by atoms with Crippen molar-refractivity contribution in [1.82, 2.24) is 4.31 Å². The highest BCUT2D eigenvalue weighted by molar-refractivity contribution is 7.89. The molecule has 2 aromatic carbocycles. The predicted molar refractivity (Wildman–Crippen MR) is 121 cm³/mol. The van der Waals surface area contributed by atoms with Gasteiger partial charge in [0.05, 0.1) is 29.4 Å². The molecule has 2 aromatic rings. The van der Waals surface area contributed by atoms with E-state index in [0.29, 0.717) is 37.6 Å².